The van der Waals surface area contributed by atoms with E-state index in [1.807, 2.05) is 0 Å². The van der Waals surface area contributed by atoms with Gasteiger partial charge in [0, 0.05) is 0 Å². The molecule has 2 aliphatic heterocycles. The van der Waals surface area contributed by atoms with Crippen molar-refractivity contribution in [2.75, 3.05) is 24.7 Å². The van der Waals surface area contributed by atoms with E-state index in [1.165, 1.54) is 0 Å². The average molecular weight is 318 g/mol. The van der Waals surface area contributed by atoms with Gasteiger partial charge in [0.25, 0.3) is 0 Å². The number of hydrogen-bond acceptors (Lipinski definition) is 4. The number of alkyl halides is 1. The Morgan fingerprint density at radius 2 is 2.00 bits per heavy atom. The third kappa shape index (κ3) is 2.34. The second-order valence-corrected chi connectivity index (χ2v) is 7.18. The summed E-state index contributed by atoms with van der Waals surface area (Å²) in [6.45, 7) is 1.22. The first-order chi connectivity index (χ1) is 6.07. The first kappa shape index (κ1) is 10.1. The van der Waals surface area contributed by atoms with E-state index in [9.17, 15) is 8.42 Å². The van der Waals surface area contributed by atoms with Crippen LogP contribution in [0, 0.1) is 0 Å². The molecule has 2 unspecified atom stereocenters. The molecule has 0 bridgehead atoms. The third-order valence-corrected chi connectivity index (χ3v) is 5.75. The molecule has 2 saturated heterocycles. The number of rotatable bonds is 2. The third-order valence-electron chi connectivity index (χ3n) is 2.21. The van der Waals surface area contributed by atoms with Crippen molar-refractivity contribution in [1.29, 1.82) is 0 Å². The summed E-state index contributed by atoms with van der Waals surface area (Å²) in [4.78, 5) is 0. The maximum absolute atomic E-state index is 11.2. The molecule has 2 aliphatic rings. The SMILES string of the molecule is O=S1(=O)CC(I)C(OC2COC2)C1. The van der Waals surface area contributed by atoms with E-state index in [0.29, 0.717) is 13.2 Å². The molecule has 2 rings (SSSR count). The molecule has 13 heavy (non-hydrogen) atoms. The molecule has 76 valence electrons. The van der Waals surface area contributed by atoms with E-state index < -0.39 is 9.84 Å². The summed E-state index contributed by atoms with van der Waals surface area (Å²) >= 11 is 2.15. The minimum Gasteiger partial charge on any atom is -0.376 e. The smallest absolute Gasteiger partial charge is 0.154 e. The predicted molar refractivity (Wildman–Crippen MR) is 55.9 cm³/mol. The van der Waals surface area contributed by atoms with Gasteiger partial charge in [-0.05, 0) is 0 Å². The zero-order chi connectivity index (χ0) is 9.47. The van der Waals surface area contributed by atoms with Gasteiger partial charge in [0.1, 0.15) is 6.10 Å². The maximum Gasteiger partial charge on any atom is 0.154 e. The van der Waals surface area contributed by atoms with Gasteiger partial charge in [0.2, 0.25) is 0 Å². The van der Waals surface area contributed by atoms with Crippen molar-refractivity contribution >= 4 is 32.4 Å². The van der Waals surface area contributed by atoms with Crippen LogP contribution in [0.25, 0.3) is 0 Å². The zero-order valence-corrected chi connectivity index (χ0v) is 9.95. The highest BCUT2D eigenvalue weighted by molar-refractivity contribution is 14.1. The Balaban J connectivity index is 1.92. The Morgan fingerprint density at radius 3 is 2.38 bits per heavy atom. The van der Waals surface area contributed by atoms with E-state index in [2.05, 4.69) is 22.6 Å². The lowest BCUT2D eigenvalue weighted by Gasteiger charge is -2.29. The molecule has 0 amide bonds. The van der Waals surface area contributed by atoms with Gasteiger partial charge < -0.3 is 9.47 Å². The lowest BCUT2D eigenvalue weighted by Crippen LogP contribution is -2.41. The summed E-state index contributed by atoms with van der Waals surface area (Å²) in [7, 11) is -2.85. The quantitative estimate of drug-likeness (QED) is 0.531. The molecule has 0 aromatic rings. The number of ether oxygens (including phenoxy) is 2. The highest BCUT2D eigenvalue weighted by Crippen LogP contribution is 2.25. The fraction of sp³-hybridized carbons (Fsp3) is 1.00. The van der Waals surface area contributed by atoms with Crippen LogP contribution in [0.3, 0.4) is 0 Å². The van der Waals surface area contributed by atoms with Gasteiger partial charge in [0.05, 0.1) is 34.7 Å². The van der Waals surface area contributed by atoms with Crippen LogP contribution < -0.4 is 0 Å². The van der Waals surface area contributed by atoms with Crippen LogP contribution >= 0.6 is 22.6 Å². The van der Waals surface area contributed by atoms with Gasteiger partial charge in [-0.25, -0.2) is 8.42 Å². The maximum atomic E-state index is 11.2. The molecule has 0 saturated carbocycles. The lowest BCUT2D eigenvalue weighted by molar-refractivity contribution is -0.147. The normalized spacial score (nSPS) is 38.8. The summed E-state index contributed by atoms with van der Waals surface area (Å²) in [5, 5.41) is 0. The fourth-order valence-electron chi connectivity index (χ4n) is 1.44. The van der Waals surface area contributed by atoms with Crippen LogP contribution in [0.1, 0.15) is 0 Å². The van der Waals surface area contributed by atoms with Gasteiger partial charge in [-0.15, -0.1) is 0 Å². The second-order valence-electron chi connectivity index (χ2n) is 3.43. The number of halogens is 1. The Morgan fingerprint density at radius 1 is 1.31 bits per heavy atom. The van der Waals surface area contributed by atoms with E-state index in [-0.39, 0.29) is 27.6 Å². The first-order valence-electron chi connectivity index (χ1n) is 4.14. The molecule has 0 N–H and O–H groups in total. The van der Waals surface area contributed by atoms with Gasteiger partial charge in [-0.1, -0.05) is 22.6 Å². The molecule has 2 fully saturated rings. The summed E-state index contributed by atoms with van der Waals surface area (Å²) in [6, 6.07) is 0. The average Bonchev–Trinajstić information content (AvgIpc) is 2.16. The van der Waals surface area contributed by atoms with Gasteiger partial charge in [-0.2, -0.15) is 0 Å². The van der Waals surface area contributed by atoms with Crippen molar-refractivity contribution < 1.29 is 17.9 Å². The molecule has 2 atom stereocenters. The van der Waals surface area contributed by atoms with E-state index in [4.69, 9.17) is 9.47 Å². The molecule has 0 radical (unpaired) electrons. The van der Waals surface area contributed by atoms with Crippen molar-refractivity contribution in [2.24, 2.45) is 0 Å². The monoisotopic (exact) mass is 318 g/mol. The Hall–Kier alpha value is 0.600. The Kier molecular flexibility index (Phi) is 2.83. The highest BCUT2D eigenvalue weighted by Gasteiger charge is 2.39. The van der Waals surface area contributed by atoms with Crippen molar-refractivity contribution in [2.45, 2.75) is 16.1 Å². The molecule has 0 aliphatic carbocycles. The molecule has 0 aromatic carbocycles. The van der Waals surface area contributed by atoms with Crippen LogP contribution in [0.4, 0.5) is 0 Å². The molecule has 0 aromatic heterocycles. The lowest BCUT2D eigenvalue weighted by atomic mass is 10.3. The van der Waals surface area contributed by atoms with Gasteiger partial charge in [0.15, 0.2) is 9.84 Å². The van der Waals surface area contributed by atoms with Crippen LogP contribution in [0.15, 0.2) is 0 Å². The van der Waals surface area contributed by atoms with Crippen LogP contribution in [0.2, 0.25) is 0 Å². The highest BCUT2D eigenvalue weighted by atomic mass is 127. The Labute approximate surface area is 91.0 Å². The van der Waals surface area contributed by atoms with E-state index >= 15 is 0 Å². The van der Waals surface area contributed by atoms with Crippen LogP contribution in [-0.2, 0) is 19.3 Å². The number of sulfone groups is 1. The summed E-state index contributed by atoms with van der Waals surface area (Å²) < 4.78 is 33.1. The molecule has 6 heteroatoms. The molecule has 2 heterocycles. The van der Waals surface area contributed by atoms with Crippen LogP contribution in [-0.4, -0.2) is 49.3 Å². The standard InChI is InChI=1S/C7H11IO4S/c8-6-3-13(9,10)4-7(6)12-5-1-11-2-5/h5-7H,1-4H2. The number of hydrogen-bond donors (Lipinski definition) is 0. The Bertz CT molecular complexity index is 285. The minimum absolute atomic E-state index is 0.100. The van der Waals surface area contributed by atoms with Gasteiger partial charge in [-0.3, -0.25) is 0 Å². The zero-order valence-electron chi connectivity index (χ0n) is 6.98. The van der Waals surface area contributed by atoms with E-state index in [0.717, 1.165) is 0 Å². The summed E-state index contributed by atoms with van der Waals surface area (Å²) in [5.74, 6) is 0.433. The largest absolute Gasteiger partial charge is 0.376 e. The predicted octanol–water partition coefficient (Wildman–Crippen LogP) is 0.00240. The minimum atomic E-state index is -2.85. The van der Waals surface area contributed by atoms with Crippen molar-refractivity contribution in [1.82, 2.24) is 0 Å². The topological polar surface area (TPSA) is 52.6 Å². The first-order valence-corrected chi connectivity index (χ1v) is 7.21. The van der Waals surface area contributed by atoms with Gasteiger partial charge >= 0.3 is 0 Å². The second kappa shape index (κ2) is 3.63. The summed E-state index contributed by atoms with van der Waals surface area (Å²) in [5.41, 5.74) is 0. The molecular formula is C7H11IO4S. The fourth-order valence-corrected chi connectivity index (χ4v) is 5.50. The molecular weight excluding hydrogens is 307 g/mol. The summed E-state index contributed by atoms with van der Waals surface area (Å²) in [6.07, 6.45) is -0.00457. The van der Waals surface area contributed by atoms with Crippen molar-refractivity contribution in [3.63, 3.8) is 0 Å². The van der Waals surface area contributed by atoms with Crippen LogP contribution in [0.5, 0.6) is 0 Å². The van der Waals surface area contributed by atoms with Crippen molar-refractivity contribution in [3.05, 3.63) is 0 Å². The van der Waals surface area contributed by atoms with Crippen molar-refractivity contribution in [3.8, 4) is 0 Å². The molecule has 4 nitrogen and oxygen atoms in total. The van der Waals surface area contributed by atoms with E-state index in [1.54, 1.807) is 0 Å². The molecule has 0 spiro atoms.